The first-order chi connectivity index (χ1) is 17.3. The number of pyridine rings is 1. The number of carbonyl (C=O) groups excluding carboxylic acids is 1. The minimum atomic E-state index is -4.35. The summed E-state index contributed by atoms with van der Waals surface area (Å²) in [6.45, 7) is 0.534. The molecule has 0 radical (unpaired) electrons. The van der Waals surface area contributed by atoms with Crippen molar-refractivity contribution in [2.75, 3.05) is 11.9 Å². The third-order valence-corrected chi connectivity index (χ3v) is 6.97. The van der Waals surface area contributed by atoms with Crippen molar-refractivity contribution in [3.63, 3.8) is 0 Å². The quantitative estimate of drug-likeness (QED) is 0.161. The van der Waals surface area contributed by atoms with Crippen LogP contribution in [-0.2, 0) is 12.6 Å². The Morgan fingerprint density at radius 2 is 1.83 bits per heavy atom. The van der Waals surface area contributed by atoms with E-state index in [1.807, 2.05) is 18.2 Å². The van der Waals surface area contributed by atoms with Crippen LogP contribution in [0.3, 0.4) is 0 Å². The van der Waals surface area contributed by atoms with E-state index in [4.69, 9.17) is 0 Å². The highest BCUT2D eigenvalue weighted by molar-refractivity contribution is 7.19. The van der Waals surface area contributed by atoms with Gasteiger partial charge in [0.1, 0.15) is 5.69 Å². The van der Waals surface area contributed by atoms with Gasteiger partial charge in [0, 0.05) is 30.2 Å². The van der Waals surface area contributed by atoms with Crippen LogP contribution in [0, 0.1) is 5.95 Å². The Morgan fingerprint density at radius 3 is 2.56 bits per heavy atom. The Hall–Kier alpha value is -3.53. The van der Waals surface area contributed by atoms with E-state index in [9.17, 15) is 22.4 Å². The molecule has 2 aromatic heterocycles. The zero-order chi connectivity index (χ0) is 25.3. The number of rotatable bonds is 8. The molecule has 0 aliphatic heterocycles. The van der Waals surface area contributed by atoms with Crippen LogP contribution < -0.4 is 10.6 Å². The highest BCUT2D eigenvalue weighted by atomic mass is 32.1. The number of benzene rings is 2. The number of alkyl halides is 3. The summed E-state index contributed by atoms with van der Waals surface area (Å²) in [6.07, 6.45) is 0.285. The highest BCUT2D eigenvalue weighted by Gasteiger charge is 2.30. The molecule has 0 saturated heterocycles. The van der Waals surface area contributed by atoms with Crippen molar-refractivity contribution in [2.24, 2.45) is 0 Å². The Labute approximate surface area is 208 Å². The molecule has 10 heteroatoms. The second-order valence-electron chi connectivity index (χ2n) is 8.74. The Balaban J connectivity index is 1.30. The lowest BCUT2D eigenvalue weighted by Crippen LogP contribution is -2.26. The normalized spacial score (nSPS) is 13.7. The average molecular weight is 515 g/mol. The van der Waals surface area contributed by atoms with Crippen LogP contribution in [0.2, 0.25) is 0 Å². The number of hydrogen-bond acceptors (Lipinski definition) is 5. The van der Waals surface area contributed by atoms with Gasteiger partial charge < -0.3 is 10.6 Å². The van der Waals surface area contributed by atoms with E-state index in [1.165, 1.54) is 35.7 Å². The maximum Gasteiger partial charge on any atom is 0.416 e. The minimum absolute atomic E-state index is 0.170. The van der Waals surface area contributed by atoms with Gasteiger partial charge in [-0.2, -0.15) is 17.6 Å². The summed E-state index contributed by atoms with van der Waals surface area (Å²) in [5, 5.41) is 8.23. The molecule has 5 nitrogen and oxygen atoms in total. The summed E-state index contributed by atoms with van der Waals surface area (Å²) in [5.74, 6) is -0.825. The molecule has 1 aliphatic rings. The van der Waals surface area contributed by atoms with Gasteiger partial charge in [0.2, 0.25) is 5.95 Å². The van der Waals surface area contributed by atoms with E-state index < -0.39 is 17.7 Å². The Bertz CT molecular complexity index is 1400. The van der Waals surface area contributed by atoms with Gasteiger partial charge >= 0.3 is 6.18 Å². The SMILES string of the molecule is O=C(NC1CC1)c1nc(NCCCc2ccc(C(F)(F)F)cc2)sc1-c1ccc2cnc(F)cc2c1. The predicted octanol–water partition coefficient (Wildman–Crippen LogP) is 6.45. The van der Waals surface area contributed by atoms with Crippen molar-refractivity contribution in [2.45, 2.75) is 37.9 Å². The zero-order valence-corrected chi connectivity index (χ0v) is 19.8. The highest BCUT2D eigenvalue weighted by Crippen LogP contribution is 2.35. The number of thiazole rings is 1. The lowest BCUT2D eigenvalue weighted by atomic mass is 10.1. The number of aryl methyl sites for hydroxylation is 1. The molecule has 2 heterocycles. The summed E-state index contributed by atoms with van der Waals surface area (Å²) in [5.41, 5.74) is 1.21. The Morgan fingerprint density at radius 1 is 1.06 bits per heavy atom. The fourth-order valence-electron chi connectivity index (χ4n) is 3.83. The summed E-state index contributed by atoms with van der Waals surface area (Å²) >= 11 is 1.33. The van der Waals surface area contributed by atoms with E-state index in [-0.39, 0.29) is 11.9 Å². The summed E-state index contributed by atoms with van der Waals surface area (Å²) < 4.78 is 51.9. The molecule has 2 aromatic carbocycles. The van der Waals surface area contributed by atoms with Crippen molar-refractivity contribution >= 4 is 33.1 Å². The zero-order valence-electron chi connectivity index (χ0n) is 19.0. The van der Waals surface area contributed by atoms with E-state index in [2.05, 4.69) is 20.6 Å². The summed E-state index contributed by atoms with van der Waals surface area (Å²) in [6, 6.07) is 12.2. The van der Waals surface area contributed by atoms with Crippen LogP contribution in [-0.4, -0.2) is 28.5 Å². The van der Waals surface area contributed by atoms with Gasteiger partial charge in [0.05, 0.1) is 10.4 Å². The molecule has 36 heavy (non-hydrogen) atoms. The van der Waals surface area contributed by atoms with Crippen LogP contribution in [0.5, 0.6) is 0 Å². The van der Waals surface area contributed by atoms with Crippen LogP contribution in [0.1, 0.15) is 40.9 Å². The molecule has 0 spiro atoms. The van der Waals surface area contributed by atoms with E-state index in [1.54, 1.807) is 0 Å². The number of carbonyl (C=O) groups is 1. The molecular formula is C26H22F4N4OS. The van der Waals surface area contributed by atoms with Crippen molar-refractivity contribution < 1.29 is 22.4 Å². The molecule has 0 atom stereocenters. The van der Waals surface area contributed by atoms with E-state index >= 15 is 0 Å². The van der Waals surface area contributed by atoms with Gasteiger partial charge in [-0.1, -0.05) is 35.6 Å². The largest absolute Gasteiger partial charge is 0.416 e. The number of nitrogens with one attached hydrogen (secondary N) is 2. The number of aromatic nitrogens is 2. The standard InChI is InChI=1S/C26H22F4N4OS/c27-21-13-18-12-16(5-6-17(18)14-32-21)23-22(24(35)33-20-9-10-20)34-25(36-23)31-11-1-2-15-3-7-19(8-4-15)26(28,29)30/h3-8,12-14,20H,1-2,9-11H2,(H,31,34)(H,33,35). The van der Waals surface area contributed by atoms with Crippen LogP contribution >= 0.6 is 11.3 Å². The summed E-state index contributed by atoms with van der Waals surface area (Å²) in [4.78, 5) is 21.8. The smallest absolute Gasteiger partial charge is 0.361 e. The topological polar surface area (TPSA) is 66.9 Å². The molecule has 5 rings (SSSR count). The van der Waals surface area contributed by atoms with Crippen molar-refractivity contribution in [3.8, 4) is 10.4 Å². The molecule has 1 aliphatic carbocycles. The van der Waals surface area contributed by atoms with Crippen LogP contribution in [0.15, 0.2) is 54.7 Å². The molecule has 186 valence electrons. The number of hydrogen-bond donors (Lipinski definition) is 2. The molecule has 0 unspecified atom stereocenters. The first kappa shape index (κ1) is 24.2. The molecule has 0 bridgehead atoms. The monoisotopic (exact) mass is 514 g/mol. The maximum atomic E-state index is 13.7. The second-order valence-corrected chi connectivity index (χ2v) is 9.74. The fourth-order valence-corrected chi connectivity index (χ4v) is 4.81. The van der Waals surface area contributed by atoms with Crippen molar-refractivity contribution in [1.82, 2.24) is 15.3 Å². The van der Waals surface area contributed by atoms with Gasteiger partial charge in [-0.05, 0) is 60.4 Å². The molecule has 1 saturated carbocycles. The van der Waals surface area contributed by atoms with Gasteiger partial charge in [-0.15, -0.1) is 0 Å². The number of amides is 1. The number of anilines is 1. The third kappa shape index (κ3) is 5.64. The van der Waals surface area contributed by atoms with E-state index in [0.717, 1.165) is 41.5 Å². The predicted molar refractivity (Wildman–Crippen MR) is 132 cm³/mol. The average Bonchev–Trinajstić information content (AvgIpc) is 3.56. The van der Waals surface area contributed by atoms with Crippen molar-refractivity contribution in [3.05, 3.63) is 77.5 Å². The van der Waals surface area contributed by atoms with E-state index in [0.29, 0.717) is 40.5 Å². The molecule has 1 fully saturated rings. The number of nitrogens with zero attached hydrogens (tertiary/aromatic N) is 2. The molecule has 1 amide bonds. The van der Waals surface area contributed by atoms with Crippen LogP contribution in [0.4, 0.5) is 22.7 Å². The first-order valence-corrected chi connectivity index (χ1v) is 12.4. The maximum absolute atomic E-state index is 13.7. The lowest BCUT2D eigenvalue weighted by Gasteiger charge is -2.08. The fraction of sp³-hybridized carbons (Fsp3) is 0.269. The molecule has 2 N–H and O–H groups in total. The molecular weight excluding hydrogens is 492 g/mol. The first-order valence-electron chi connectivity index (χ1n) is 11.5. The van der Waals surface area contributed by atoms with Gasteiger partial charge in [0.25, 0.3) is 5.91 Å². The third-order valence-electron chi connectivity index (χ3n) is 5.91. The van der Waals surface area contributed by atoms with Crippen LogP contribution in [0.25, 0.3) is 21.2 Å². The summed E-state index contributed by atoms with van der Waals surface area (Å²) in [7, 11) is 0. The number of fused-ring (bicyclic) bond motifs is 1. The van der Waals surface area contributed by atoms with Gasteiger partial charge in [-0.3, -0.25) is 4.79 Å². The van der Waals surface area contributed by atoms with Gasteiger partial charge in [-0.25, -0.2) is 9.97 Å². The lowest BCUT2D eigenvalue weighted by molar-refractivity contribution is -0.137. The minimum Gasteiger partial charge on any atom is -0.361 e. The number of halogens is 4. The Kier molecular flexibility index (Phi) is 6.61. The molecule has 4 aromatic rings. The van der Waals surface area contributed by atoms with Gasteiger partial charge in [0.15, 0.2) is 5.13 Å². The second kappa shape index (κ2) is 9.85. The van der Waals surface area contributed by atoms with Crippen molar-refractivity contribution in [1.29, 1.82) is 0 Å².